The molecule has 0 bridgehead atoms. The van der Waals surface area contributed by atoms with E-state index in [9.17, 15) is 0 Å². The Morgan fingerprint density at radius 2 is 2.32 bits per heavy atom. The van der Waals surface area contributed by atoms with Crippen molar-refractivity contribution in [3.8, 4) is 0 Å². The van der Waals surface area contributed by atoms with Gasteiger partial charge >= 0.3 is 0 Å². The van der Waals surface area contributed by atoms with Gasteiger partial charge < -0.3 is 10.2 Å². The lowest BCUT2D eigenvalue weighted by Crippen LogP contribution is -2.40. The van der Waals surface area contributed by atoms with Gasteiger partial charge in [0.25, 0.3) is 0 Å². The fourth-order valence-electron chi connectivity index (χ4n) is 3.40. The number of rotatable bonds is 1. The molecule has 0 amide bonds. The van der Waals surface area contributed by atoms with Crippen molar-refractivity contribution in [1.82, 2.24) is 15.3 Å². The van der Waals surface area contributed by atoms with Gasteiger partial charge in [-0.1, -0.05) is 0 Å². The first kappa shape index (κ1) is 11.6. The van der Waals surface area contributed by atoms with E-state index in [1.54, 1.807) is 17.7 Å². The van der Waals surface area contributed by atoms with Gasteiger partial charge in [-0.3, -0.25) is 0 Å². The van der Waals surface area contributed by atoms with E-state index in [0.29, 0.717) is 6.04 Å². The van der Waals surface area contributed by atoms with Crippen molar-refractivity contribution in [2.75, 3.05) is 24.5 Å². The molecule has 0 aromatic carbocycles. The first-order chi connectivity index (χ1) is 9.33. The molecule has 5 heteroatoms. The van der Waals surface area contributed by atoms with Gasteiger partial charge in [-0.2, -0.15) is 0 Å². The zero-order valence-electron chi connectivity index (χ0n) is 11.1. The predicted molar refractivity (Wildman–Crippen MR) is 78.9 cm³/mol. The molecule has 0 aliphatic carbocycles. The lowest BCUT2D eigenvalue weighted by molar-refractivity contribution is 0.340. The third-order valence-electron chi connectivity index (χ3n) is 4.41. The standard InChI is InChI=1S/C14H18N4S/c1-9-7-19-13-12(9)16-8-17-14(13)18-5-10-3-2-4-15-11(10)6-18/h7-8,10-11,15H,2-6H2,1H3/t10-,11+/m0/s1. The van der Waals surface area contributed by atoms with Crippen molar-refractivity contribution in [3.05, 3.63) is 17.3 Å². The Bertz CT molecular complexity index is 595. The van der Waals surface area contributed by atoms with Crippen LogP contribution in [0.5, 0.6) is 0 Å². The molecule has 4 rings (SSSR count). The summed E-state index contributed by atoms with van der Waals surface area (Å²) in [5.41, 5.74) is 2.39. The molecule has 2 aliphatic heterocycles. The second kappa shape index (κ2) is 4.42. The van der Waals surface area contributed by atoms with Crippen molar-refractivity contribution in [3.63, 3.8) is 0 Å². The summed E-state index contributed by atoms with van der Waals surface area (Å²) in [5, 5.41) is 5.84. The molecule has 19 heavy (non-hydrogen) atoms. The zero-order valence-corrected chi connectivity index (χ0v) is 11.9. The maximum absolute atomic E-state index is 4.56. The predicted octanol–water partition coefficient (Wildman–Crippen LogP) is 2.19. The van der Waals surface area contributed by atoms with Crippen LogP contribution in [0.2, 0.25) is 0 Å². The van der Waals surface area contributed by atoms with E-state index in [1.165, 1.54) is 29.6 Å². The Kier molecular flexibility index (Phi) is 2.70. The van der Waals surface area contributed by atoms with Crippen LogP contribution in [0.15, 0.2) is 11.7 Å². The number of fused-ring (bicyclic) bond motifs is 2. The topological polar surface area (TPSA) is 41.0 Å². The third-order valence-corrected chi connectivity index (χ3v) is 5.49. The summed E-state index contributed by atoms with van der Waals surface area (Å²) in [4.78, 5) is 11.4. The molecule has 2 atom stereocenters. The average Bonchev–Trinajstić information content (AvgIpc) is 3.03. The van der Waals surface area contributed by atoms with Crippen LogP contribution in [-0.2, 0) is 0 Å². The molecule has 2 aliphatic rings. The molecule has 0 radical (unpaired) electrons. The molecule has 2 aromatic heterocycles. The Morgan fingerprint density at radius 1 is 1.37 bits per heavy atom. The van der Waals surface area contributed by atoms with Gasteiger partial charge in [-0.05, 0) is 43.2 Å². The van der Waals surface area contributed by atoms with Crippen molar-refractivity contribution in [1.29, 1.82) is 0 Å². The first-order valence-electron chi connectivity index (χ1n) is 7.00. The molecule has 1 N–H and O–H groups in total. The number of nitrogens with one attached hydrogen (secondary N) is 1. The van der Waals surface area contributed by atoms with Crippen LogP contribution in [0.1, 0.15) is 18.4 Å². The molecular formula is C14H18N4S. The number of piperidine rings is 1. The fourth-order valence-corrected chi connectivity index (χ4v) is 4.42. The van der Waals surface area contributed by atoms with Gasteiger partial charge in [-0.25, -0.2) is 9.97 Å². The Hall–Kier alpha value is -1.20. The molecular weight excluding hydrogens is 256 g/mol. The SMILES string of the molecule is Cc1csc2c(N3C[C@@H]4CCCN[C@@H]4C3)ncnc12. The Balaban J connectivity index is 1.71. The summed E-state index contributed by atoms with van der Waals surface area (Å²) >= 11 is 1.77. The summed E-state index contributed by atoms with van der Waals surface area (Å²) in [6.07, 6.45) is 4.38. The quantitative estimate of drug-likeness (QED) is 0.865. The van der Waals surface area contributed by atoms with Gasteiger partial charge in [0, 0.05) is 19.1 Å². The minimum atomic E-state index is 0.653. The van der Waals surface area contributed by atoms with E-state index < -0.39 is 0 Å². The summed E-state index contributed by atoms with van der Waals surface area (Å²) in [6.45, 7) is 5.53. The van der Waals surface area contributed by atoms with E-state index in [0.717, 1.165) is 30.3 Å². The van der Waals surface area contributed by atoms with Crippen LogP contribution in [0.3, 0.4) is 0 Å². The average molecular weight is 274 g/mol. The highest BCUT2D eigenvalue weighted by Crippen LogP contribution is 2.35. The summed E-state index contributed by atoms with van der Waals surface area (Å²) in [5.74, 6) is 1.93. The molecule has 2 aromatic rings. The number of nitrogens with zero attached hydrogens (tertiary/aromatic N) is 3. The highest BCUT2D eigenvalue weighted by molar-refractivity contribution is 7.18. The van der Waals surface area contributed by atoms with Crippen molar-refractivity contribution in [2.24, 2.45) is 5.92 Å². The van der Waals surface area contributed by atoms with E-state index in [-0.39, 0.29) is 0 Å². The Labute approximate surface area is 116 Å². The zero-order chi connectivity index (χ0) is 12.8. The van der Waals surface area contributed by atoms with Gasteiger partial charge in [-0.15, -0.1) is 11.3 Å². The van der Waals surface area contributed by atoms with E-state index in [2.05, 4.69) is 32.5 Å². The second-order valence-electron chi connectivity index (χ2n) is 5.66. The molecule has 0 unspecified atom stereocenters. The molecule has 100 valence electrons. The van der Waals surface area contributed by atoms with Crippen LogP contribution in [0.25, 0.3) is 10.2 Å². The monoisotopic (exact) mass is 274 g/mol. The summed E-state index contributed by atoms with van der Waals surface area (Å²) < 4.78 is 1.25. The summed E-state index contributed by atoms with van der Waals surface area (Å²) in [7, 11) is 0. The van der Waals surface area contributed by atoms with Crippen LogP contribution in [0, 0.1) is 12.8 Å². The summed E-state index contributed by atoms with van der Waals surface area (Å²) in [6, 6.07) is 0.653. The van der Waals surface area contributed by atoms with Gasteiger partial charge in [0.15, 0.2) is 0 Å². The Morgan fingerprint density at radius 3 is 3.21 bits per heavy atom. The molecule has 2 saturated heterocycles. The van der Waals surface area contributed by atoms with Crippen LogP contribution in [-0.4, -0.2) is 35.6 Å². The normalized spacial score (nSPS) is 26.9. The molecule has 4 heterocycles. The number of hydrogen-bond donors (Lipinski definition) is 1. The first-order valence-corrected chi connectivity index (χ1v) is 7.88. The number of thiophene rings is 1. The van der Waals surface area contributed by atoms with Gasteiger partial charge in [0.05, 0.1) is 10.2 Å². The minimum Gasteiger partial charge on any atom is -0.353 e. The van der Waals surface area contributed by atoms with E-state index in [4.69, 9.17) is 0 Å². The lowest BCUT2D eigenvalue weighted by Gasteiger charge is -2.24. The minimum absolute atomic E-state index is 0.653. The highest BCUT2D eigenvalue weighted by Gasteiger charge is 2.35. The van der Waals surface area contributed by atoms with E-state index in [1.807, 2.05) is 0 Å². The highest BCUT2D eigenvalue weighted by atomic mass is 32.1. The molecule has 0 spiro atoms. The van der Waals surface area contributed by atoms with Crippen molar-refractivity contribution >= 4 is 27.4 Å². The largest absolute Gasteiger partial charge is 0.353 e. The van der Waals surface area contributed by atoms with Gasteiger partial charge in [0.1, 0.15) is 12.1 Å². The van der Waals surface area contributed by atoms with Crippen LogP contribution < -0.4 is 10.2 Å². The smallest absolute Gasteiger partial charge is 0.150 e. The third kappa shape index (κ3) is 1.83. The molecule has 2 fully saturated rings. The maximum atomic E-state index is 4.56. The lowest BCUT2D eigenvalue weighted by atomic mass is 9.94. The maximum Gasteiger partial charge on any atom is 0.150 e. The van der Waals surface area contributed by atoms with E-state index >= 15 is 0 Å². The second-order valence-corrected chi connectivity index (χ2v) is 6.54. The molecule has 0 saturated carbocycles. The van der Waals surface area contributed by atoms with Gasteiger partial charge in [0.2, 0.25) is 0 Å². The van der Waals surface area contributed by atoms with Crippen molar-refractivity contribution < 1.29 is 0 Å². The number of anilines is 1. The number of aromatic nitrogens is 2. The number of hydrogen-bond acceptors (Lipinski definition) is 5. The fraction of sp³-hybridized carbons (Fsp3) is 0.571. The van der Waals surface area contributed by atoms with Crippen LogP contribution >= 0.6 is 11.3 Å². The molecule has 4 nitrogen and oxygen atoms in total. The van der Waals surface area contributed by atoms with Crippen LogP contribution in [0.4, 0.5) is 5.82 Å². The number of aryl methyl sites for hydroxylation is 1. The van der Waals surface area contributed by atoms with Crippen molar-refractivity contribution in [2.45, 2.75) is 25.8 Å².